The first-order valence-corrected chi connectivity index (χ1v) is 20.2. The zero-order valence-corrected chi connectivity index (χ0v) is 32.9. The third-order valence-electron chi connectivity index (χ3n) is 14.0. The number of aryl methyl sites for hydroxylation is 2. The second-order valence-corrected chi connectivity index (χ2v) is 17.8. The Balaban J connectivity index is 1.01. The third-order valence-corrected chi connectivity index (χ3v) is 14.0. The molecule has 0 heteroatoms. The van der Waals surface area contributed by atoms with Gasteiger partial charge in [0, 0.05) is 10.8 Å². The van der Waals surface area contributed by atoms with Crippen LogP contribution in [0.2, 0.25) is 0 Å². The molecule has 56 heavy (non-hydrogen) atoms. The van der Waals surface area contributed by atoms with E-state index >= 15 is 0 Å². The van der Waals surface area contributed by atoms with Crippen LogP contribution >= 0.6 is 0 Å². The molecular weight excluding hydrogens is 673 g/mol. The van der Waals surface area contributed by atoms with Gasteiger partial charge in [-0.25, -0.2) is 0 Å². The largest absolute Gasteiger partial charge is 0.0619 e. The lowest BCUT2D eigenvalue weighted by atomic mass is 9.79. The van der Waals surface area contributed by atoms with Crippen molar-refractivity contribution >= 4 is 32.3 Å². The van der Waals surface area contributed by atoms with E-state index in [-0.39, 0.29) is 10.8 Å². The van der Waals surface area contributed by atoms with Gasteiger partial charge in [0.25, 0.3) is 0 Å². The molecule has 0 fully saturated rings. The minimum absolute atomic E-state index is 0.0208. The number of hydrogen-bond donors (Lipinski definition) is 0. The van der Waals surface area contributed by atoms with Crippen LogP contribution in [0.1, 0.15) is 61.1 Å². The van der Waals surface area contributed by atoms with Gasteiger partial charge < -0.3 is 0 Å². The fourth-order valence-corrected chi connectivity index (χ4v) is 11.1. The molecule has 9 aromatic rings. The van der Waals surface area contributed by atoms with Crippen LogP contribution in [0.25, 0.3) is 99.1 Å². The van der Waals surface area contributed by atoms with Gasteiger partial charge in [-0.05, 0) is 171 Å². The van der Waals surface area contributed by atoms with E-state index in [1.165, 1.54) is 132 Å². The SMILES string of the molecule is Cc1ccc2c(c1)c(-c1ccc3c(c1)C(C)(C)c1cc(-c4ccc5c(c4)C(C)(C)c4ccccc4-5)ccc1-3)cc1c3ccc(C)c4c3c(cc21)-c1ccccc1-4. The Kier molecular flexibility index (Phi) is 6.15. The summed E-state index contributed by atoms with van der Waals surface area (Å²) in [5.41, 5.74) is 24.2. The first kappa shape index (κ1) is 32.0. The average Bonchev–Trinajstić information content (AvgIpc) is 3.75. The maximum atomic E-state index is 2.51. The van der Waals surface area contributed by atoms with Crippen molar-refractivity contribution in [3.63, 3.8) is 0 Å². The molecule has 0 aliphatic heterocycles. The molecule has 0 heterocycles. The fraction of sp³-hybridized carbons (Fsp3) is 0.143. The molecule has 0 saturated heterocycles. The standard InChI is InChI=1S/C56H42/c1-31-15-20-37-45(25-31)44(29-47-43-21-16-32(2)53-42-13-8-7-11-36(42)48(54(43)53)30-46(37)47)35-19-24-41-40-23-18-34(27-51(40)56(5,6)52(41)28-35)33-17-22-39-38-12-9-10-14-49(38)55(3,4)50(39)26-33/h7-30H,1-6H3. The van der Waals surface area contributed by atoms with E-state index in [0.717, 1.165) is 0 Å². The first-order valence-electron chi connectivity index (χ1n) is 20.2. The van der Waals surface area contributed by atoms with Crippen molar-refractivity contribution in [3.8, 4) is 66.8 Å². The summed E-state index contributed by atoms with van der Waals surface area (Å²) in [5.74, 6) is 0. The monoisotopic (exact) mass is 714 g/mol. The molecule has 12 rings (SSSR count). The van der Waals surface area contributed by atoms with Crippen LogP contribution in [0, 0.1) is 13.8 Å². The molecular formula is C56H42. The Morgan fingerprint density at radius 2 is 0.839 bits per heavy atom. The van der Waals surface area contributed by atoms with E-state index in [1.54, 1.807) is 0 Å². The van der Waals surface area contributed by atoms with Crippen molar-refractivity contribution in [1.29, 1.82) is 0 Å². The maximum Gasteiger partial charge on any atom is 0.0159 e. The molecule has 0 aromatic heterocycles. The Morgan fingerprint density at radius 3 is 1.54 bits per heavy atom. The summed E-state index contributed by atoms with van der Waals surface area (Å²) in [5, 5.41) is 8.05. The molecule has 0 radical (unpaired) electrons. The fourth-order valence-electron chi connectivity index (χ4n) is 11.1. The van der Waals surface area contributed by atoms with Crippen LogP contribution in [0.4, 0.5) is 0 Å². The lowest BCUT2D eigenvalue weighted by molar-refractivity contribution is 0.659. The van der Waals surface area contributed by atoms with Crippen LogP contribution in [-0.4, -0.2) is 0 Å². The minimum Gasteiger partial charge on any atom is -0.0619 e. The van der Waals surface area contributed by atoms with Gasteiger partial charge in [0.15, 0.2) is 0 Å². The molecule has 0 N–H and O–H groups in total. The van der Waals surface area contributed by atoms with E-state index in [4.69, 9.17) is 0 Å². The molecule has 3 aliphatic rings. The van der Waals surface area contributed by atoms with Gasteiger partial charge in [-0.1, -0.05) is 149 Å². The second kappa shape index (κ2) is 10.7. The highest BCUT2D eigenvalue weighted by Gasteiger charge is 2.38. The highest BCUT2D eigenvalue weighted by molar-refractivity contribution is 6.29. The van der Waals surface area contributed by atoms with E-state index in [9.17, 15) is 0 Å². The average molecular weight is 715 g/mol. The van der Waals surface area contributed by atoms with Crippen LogP contribution in [-0.2, 0) is 10.8 Å². The Bertz CT molecular complexity index is 3260. The number of fused-ring (bicyclic) bond motifs is 13. The zero-order valence-electron chi connectivity index (χ0n) is 32.9. The molecule has 0 amide bonds. The number of benzene rings is 9. The van der Waals surface area contributed by atoms with E-state index in [2.05, 4.69) is 187 Å². The van der Waals surface area contributed by atoms with Crippen molar-refractivity contribution in [3.05, 3.63) is 179 Å². The summed E-state index contributed by atoms with van der Waals surface area (Å²) in [6, 6.07) is 56.2. The quantitative estimate of drug-likeness (QED) is 0.156. The van der Waals surface area contributed by atoms with Gasteiger partial charge >= 0.3 is 0 Å². The van der Waals surface area contributed by atoms with Crippen LogP contribution in [0.3, 0.4) is 0 Å². The summed E-state index contributed by atoms with van der Waals surface area (Å²) in [4.78, 5) is 0. The molecule has 0 saturated carbocycles. The highest BCUT2D eigenvalue weighted by Crippen LogP contribution is 2.55. The van der Waals surface area contributed by atoms with E-state index < -0.39 is 0 Å². The van der Waals surface area contributed by atoms with Crippen LogP contribution < -0.4 is 0 Å². The van der Waals surface area contributed by atoms with Crippen LogP contribution in [0.15, 0.2) is 146 Å². The second-order valence-electron chi connectivity index (χ2n) is 17.8. The summed E-state index contributed by atoms with van der Waals surface area (Å²) < 4.78 is 0. The molecule has 9 aromatic carbocycles. The molecule has 3 aliphatic carbocycles. The first-order chi connectivity index (χ1) is 27.1. The number of hydrogen-bond acceptors (Lipinski definition) is 0. The van der Waals surface area contributed by atoms with Gasteiger partial charge in [-0.15, -0.1) is 0 Å². The lowest BCUT2D eigenvalue weighted by Gasteiger charge is -2.24. The number of rotatable bonds is 2. The Labute approximate surface area is 329 Å². The van der Waals surface area contributed by atoms with Crippen molar-refractivity contribution < 1.29 is 0 Å². The molecule has 266 valence electrons. The summed E-state index contributed by atoms with van der Waals surface area (Å²) in [6.45, 7) is 14.1. The van der Waals surface area contributed by atoms with Crippen molar-refractivity contribution in [1.82, 2.24) is 0 Å². The summed E-state index contributed by atoms with van der Waals surface area (Å²) in [7, 11) is 0. The van der Waals surface area contributed by atoms with Crippen LogP contribution in [0.5, 0.6) is 0 Å². The third kappa shape index (κ3) is 4.04. The minimum atomic E-state index is -0.149. The Hall–Kier alpha value is -6.24. The van der Waals surface area contributed by atoms with E-state index in [0.29, 0.717) is 0 Å². The van der Waals surface area contributed by atoms with Crippen molar-refractivity contribution in [2.75, 3.05) is 0 Å². The van der Waals surface area contributed by atoms with Gasteiger partial charge in [0.1, 0.15) is 0 Å². The zero-order chi connectivity index (χ0) is 37.8. The summed E-state index contributed by atoms with van der Waals surface area (Å²) in [6.07, 6.45) is 0. The van der Waals surface area contributed by atoms with Crippen molar-refractivity contribution in [2.45, 2.75) is 52.4 Å². The lowest BCUT2D eigenvalue weighted by Crippen LogP contribution is -2.15. The molecule has 0 atom stereocenters. The molecule has 0 bridgehead atoms. The topological polar surface area (TPSA) is 0 Å². The smallest absolute Gasteiger partial charge is 0.0159 e. The molecule has 0 nitrogen and oxygen atoms in total. The highest BCUT2D eigenvalue weighted by atomic mass is 14.4. The predicted molar refractivity (Wildman–Crippen MR) is 239 cm³/mol. The predicted octanol–water partition coefficient (Wildman–Crippen LogP) is 15.4. The Morgan fingerprint density at radius 1 is 0.321 bits per heavy atom. The summed E-state index contributed by atoms with van der Waals surface area (Å²) >= 11 is 0. The van der Waals surface area contributed by atoms with Gasteiger partial charge in [0.2, 0.25) is 0 Å². The normalized spacial score (nSPS) is 14.9. The van der Waals surface area contributed by atoms with Gasteiger partial charge in [-0.3, -0.25) is 0 Å². The van der Waals surface area contributed by atoms with Gasteiger partial charge in [-0.2, -0.15) is 0 Å². The van der Waals surface area contributed by atoms with E-state index in [1.807, 2.05) is 0 Å². The molecule has 0 unspecified atom stereocenters. The maximum absolute atomic E-state index is 2.51. The van der Waals surface area contributed by atoms with Gasteiger partial charge in [0.05, 0.1) is 0 Å². The van der Waals surface area contributed by atoms with Crippen molar-refractivity contribution in [2.24, 2.45) is 0 Å². The molecule has 0 spiro atoms.